The van der Waals surface area contributed by atoms with Gasteiger partial charge >= 0.3 is 0 Å². The van der Waals surface area contributed by atoms with Crippen molar-refractivity contribution in [2.45, 2.75) is 11.2 Å². The highest BCUT2D eigenvalue weighted by molar-refractivity contribution is 7.13. The molecule has 0 spiro atoms. The van der Waals surface area contributed by atoms with Crippen molar-refractivity contribution in [2.24, 2.45) is 0 Å². The minimum atomic E-state index is -0.706. The first-order valence-corrected chi connectivity index (χ1v) is 21.2. The zero-order valence-corrected chi connectivity index (χ0v) is 33.8. The van der Waals surface area contributed by atoms with E-state index in [-0.39, 0.29) is 0 Å². The maximum atomic E-state index is 6.93. The molecule has 0 atom stereocenters. The molecule has 0 unspecified atom stereocenters. The molecule has 8 aromatic carbocycles. The minimum absolute atomic E-state index is 0.706. The van der Waals surface area contributed by atoms with Gasteiger partial charge in [-0.2, -0.15) is 0 Å². The van der Waals surface area contributed by atoms with Crippen LogP contribution < -0.4 is 9.47 Å². The standard InChI is InChI=1S/C58H36O2S/c1-5-13-45(14-6-1)57(46-15-7-2-8-16-46)37-35-53-51-31-23-41(39-43(51)25-33-55(53)59-57)21-27-49-29-30-50(61-49)28-22-42-24-32-52-44(40-42)26-34-56-54(52)36-38-58(60-56,47-17-9-3-10-18-47)48-19-11-4-12-20-48/h1-20,23-26,29-40H. The van der Waals surface area contributed by atoms with Crippen LogP contribution in [0.3, 0.4) is 0 Å². The second-order valence-electron chi connectivity index (χ2n) is 15.3. The van der Waals surface area contributed by atoms with Gasteiger partial charge in [0.1, 0.15) is 11.5 Å². The molecule has 2 nitrogen and oxygen atoms in total. The first kappa shape index (κ1) is 36.3. The van der Waals surface area contributed by atoms with Crippen molar-refractivity contribution in [3.8, 4) is 35.2 Å². The molecule has 286 valence electrons. The van der Waals surface area contributed by atoms with Crippen molar-refractivity contribution in [1.29, 1.82) is 0 Å². The molecule has 0 saturated carbocycles. The smallest absolute Gasteiger partial charge is 0.178 e. The average molecular weight is 797 g/mol. The molecular formula is C58H36O2S. The lowest BCUT2D eigenvalue weighted by molar-refractivity contribution is 0.161. The van der Waals surface area contributed by atoms with Crippen LogP contribution in [0.5, 0.6) is 11.5 Å². The lowest BCUT2D eigenvalue weighted by atomic mass is 9.83. The molecular weight excluding hydrogens is 761 g/mol. The molecule has 0 bridgehead atoms. The van der Waals surface area contributed by atoms with Gasteiger partial charge in [0.2, 0.25) is 0 Å². The van der Waals surface area contributed by atoms with Gasteiger partial charge in [0.05, 0.1) is 9.75 Å². The van der Waals surface area contributed by atoms with Crippen LogP contribution in [0.1, 0.15) is 54.3 Å². The zero-order chi connectivity index (χ0) is 40.6. The normalized spacial score (nSPS) is 14.0. The van der Waals surface area contributed by atoms with Crippen molar-refractivity contribution in [3.63, 3.8) is 0 Å². The summed E-state index contributed by atoms with van der Waals surface area (Å²) in [5.74, 6) is 15.3. The zero-order valence-electron chi connectivity index (χ0n) is 33.0. The third-order valence-electron chi connectivity index (χ3n) is 11.6. The number of hydrogen-bond donors (Lipinski definition) is 0. The van der Waals surface area contributed by atoms with Gasteiger partial charge in [0.25, 0.3) is 0 Å². The maximum absolute atomic E-state index is 6.93. The Balaban J connectivity index is 0.819. The highest BCUT2D eigenvalue weighted by atomic mass is 32.1. The van der Waals surface area contributed by atoms with E-state index in [4.69, 9.17) is 9.47 Å². The molecule has 9 aromatic rings. The Morgan fingerprint density at radius 2 is 0.738 bits per heavy atom. The molecule has 11 rings (SSSR count). The van der Waals surface area contributed by atoms with Crippen molar-refractivity contribution >= 4 is 45.0 Å². The predicted octanol–water partition coefficient (Wildman–Crippen LogP) is 13.6. The van der Waals surface area contributed by atoms with Crippen LogP contribution in [0.2, 0.25) is 0 Å². The monoisotopic (exact) mass is 796 g/mol. The lowest BCUT2D eigenvalue weighted by Gasteiger charge is -2.36. The van der Waals surface area contributed by atoms with Gasteiger partial charge in [-0.3, -0.25) is 0 Å². The Hall–Kier alpha value is -7.82. The topological polar surface area (TPSA) is 18.5 Å². The Labute approximate surface area is 359 Å². The lowest BCUT2D eigenvalue weighted by Crippen LogP contribution is -2.34. The van der Waals surface area contributed by atoms with E-state index in [2.05, 4.69) is 218 Å². The molecule has 0 fully saturated rings. The van der Waals surface area contributed by atoms with Crippen molar-refractivity contribution in [1.82, 2.24) is 0 Å². The first-order chi connectivity index (χ1) is 30.1. The van der Waals surface area contributed by atoms with E-state index in [0.29, 0.717) is 0 Å². The number of rotatable bonds is 4. The summed E-state index contributed by atoms with van der Waals surface area (Å²) in [6.45, 7) is 0. The second kappa shape index (κ2) is 15.1. The number of ether oxygens (including phenoxy) is 2. The Morgan fingerprint density at radius 3 is 1.11 bits per heavy atom. The number of benzene rings is 8. The summed E-state index contributed by atoms with van der Waals surface area (Å²) >= 11 is 1.61. The maximum Gasteiger partial charge on any atom is 0.178 e. The van der Waals surface area contributed by atoms with Crippen LogP contribution in [0.4, 0.5) is 0 Å². The second-order valence-corrected chi connectivity index (χ2v) is 16.4. The van der Waals surface area contributed by atoms with Crippen LogP contribution >= 0.6 is 11.3 Å². The quantitative estimate of drug-likeness (QED) is 0.165. The van der Waals surface area contributed by atoms with Crippen LogP contribution in [0.25, 0.3) is 33.7 Å². The summed E-state index contributed by atoms with van der Waals surface area (Å²) in [7, 11) is 0. The molecule has 1 aromatic heterocycles. The SMILES string of the molecule is C(#Cc1ccc(C#Cc2ccc3c4c(ccc3c2)OC(c2ccccc2)(c2ccccc2)C=C4)s1)c1ccc2c3c(ccc2c1)OC(c1ccccc1)(c1ccccc1)C=C3. The Morgan fingerprint density at radius 1 is 0.361 bits per heavy atom. The van der Waals surface area contributed by atoms with E-state index in [1.54, 1.807) is 11.3 Å². The highest BCUT2D eigenvalue weighted by Crippen LogP contribution is 2.46. The molecule has 2 aliphatic rings. The third-order valence-corrected chi connectivity index (χ3v) is 12.5. The van der Waals surface area contributed by atoms with Gasteiger partial charge in [-0.1, -0.05) is 169 Å². The fraction of sp³-hybridized carbons (Fsp3) is 0.0345. The molecule has 0 radical (unpaired) electrons. The fourth-order valence-electron chi connectivity index (χ4n) is 8.60. The van der Waals surface area contributed by atoms with Crippen molar-refractivity contribution in [3.05, 3.63) is 261 Å². The summed E-state index contributed by atoms with van der Waals surface area (Å²) in [5.41, 5.74) is 7.02. The van der Waals surface area contributed by atoms with Crippen LogP contribution in [0, 0.1) is 23.7 Å². The summed E-state index contributed by atoms with van der Waals surface area (Å²) in [6, 6.07) is 67.0. The summed E-state index contributed by atoms with van der Waals surface area (Å²) in [6.07, 6.45) is 8.79. The summed E-state index contributed by atoms with van der Waals surface area (Å²) in [5, 5.41) is 4.51. The van der Waals surface area contributed by atoms with Gasteiger partial charge in [-0.05, 0) is 94.4 Å². The van der Waals surface area contributed by atoms with Gasteiger partial charge in [-0.25, -0.2) is 0 Å². The Kier molecular flexibility index (Phi) is 8.97. The third kappa shape index (κ3) is 6.59. The summed E-state index contributed by atoms with van der Waals surface area (Å²) < 4.78 is 13.9. The van der Waals surface area contributed by atoms with E-state index in [9.17, 15) is 0 Å². The highest BCUT2D eigenvalue weighted by Gasteiger charge is 2.38. The van der Waals surface area contributed by atoms with E-state index in [0.717, 1.165) is 87.3 Å². The van der Waals surface area contributed by atoms with Crippen molar-refractivity contribution < 1.29 is 9.47 Å². The molecule has 3 heterocycles. The molecule has 0 aliphatic carbocycles. The van der Waals surface area contributed by atoms with Gasteiger partial charge in [0.15, 0.2) is 11.2 Å². The molecule has 61 heavy (non-hydrogen) atoms. The van der Waals surface area contributed by atoms with Gasteiger partial charge < -0.3 is 9.47 Å². The van der Waals surface area contributed by atoms with E-state index in [1.807, 2.05) is 24.3 Å². The molecule has 0 saturated heterocycles. The average Bonchev–Trinajstić information content (AvgIpc) is 3.81. The predicted molar refractivity (Wildman–Crippen MR) is 251 cm³/mol. The Bertz CT molecular complexity index is 3000. The summed E-state index contributed by atoms with van der Waals surface area (Å²) in [4.78, 5) is 1.95. The molecule has 2 aliphatic heterocycles. The molecule has 0 amide bonds. The van der Waals surface area contributed by atoms with Crippen molar-refractivity contribution in [2.75, 3.05) is 0 Å². The van der Waals surface area contributed by atoms with Crippen LogP contribution in [0.15, 0.2) is 206 Å². The van der Waals surface area contributed by atoms with Crippen LogP contribution in [-0.4, -0.2) is 0 Å². The number of thiophene rings is 1. The van der Waals surface area contributed by atoms with Gasteiger partial charge in [-0.15, -0.1) is 11.3 Å². The first-order valence-electron chi connectivity index (χ1n) is 20.4. The minimum Gasteiger partial charge on any atom is -0.473 e. The molecule has 3 heteroatoms. The number of hydrogen-bond acceptors (Lipinski definition) is 3. The fourth-order valence-corrected chi connectivity index (χ4v) is 9.31. The number of fused-ring (bicyclic) bond motifs is 6. The van der Waals surface area contributed by atoms with E-state index < -0.39 is 11.2 Å². The van der Waals surface area contributed by atoms with E-state index >= 15 is 0 Å². The largest absolute Gasteiger partial charge is 0.473 e. The van der Waals surface area contributed by atoms with Crippen LogP contribution in [-0.2, 0) is 11.2 Å². The van der Waals surface area contributed by atoms with E-state index in [1.165, 1.54) is 0 Å². The van der Waals surface area contributed by atoms with Gasteiger partial charge in [0, 0.05) is 44.5 Å². The molecule has 0 N–H and O–H groups in total.